The fraction of sp³-hybridized carbons (Fsp3) is 0.364. The van der Waals surface area contributed by atoms with Crippen LogP contribution >= 0.6 is 11.6 Å². The Hall–Kier alpha value is -1.33. The summed E-state index contributed by atoms with van der Waals surface area (Å²) < 4.78 is 13.2. The first-order chi connectivity index (χ1) is 8.11. The zero-order chi connectivity index (χ0) is 12.4. The first kappa shape index (κ1) is 12.1. The minimum Gasteiger partial charge on any atom is -0.377 e. The van der Waals surface area contributed by atoms with Gasteiger partial charge in [0.05, 0.1) is 17.6 Å². The summed E-state index contributed by atoms with van der Waals surface area (Å²) in [6, 6.07) is 3.84. The lowest BCUT2D eigenvalue weighted by atomic mass is 10.3. The minimum absolute atomic E-state index is 0.0261. The Morgan fingerprint density at radius 1 is 1.59 bits per heavy atom. The SMILES string of the molecule is CNC1CCN(Oc2ccc(Cl)c(F)c2)C1=O. The van der Waals surface area contributed by atoms with Crippen molar-refractivity contribution in [3.05, 3.63) is 29.0 Å². The number of halogens is 2. The van der Waals surface area contributed by atoms with Gasteiger partial charge in [0.25, 0.3) is 5.91 Å². The third kappa shape index (κ3) is 2.50. The van der Waals surface area contributed by atoms with E-state index >= 15 is 0 Å². The van der Waals surface area contributed by atoms with Crippen molar-refractivity contribution in [3.63, 3.8) is 0 Å². The molecule has 1 aromatic carbocycles. The quantitative estimate of drug-likeness (QED) is 0.895. The number of carbonyl (C=O) groups is 1. The van der Waals surface area contributed by atoms with Gasteiger partial charge in [0.1, 0.15) is 5.82 Å². The number of rotatable bonds is 3. The molecule has 2 rings (SSSR count). The van der Waals surface area contributed by atoms with Crippen LogP contribution in [0.3, 0.4) is 0 Å². The standard InChI is InChI=1S/C11H12ClFN2O2/c1-14-10-4-5-15(11(10)16)17-7-2-3-8(12)9(13)6-7/h2-3,6,10,14H,4-5H2,1H3. The van der Waals surface area contributed by atoms with Crippen LogP contribution in [-0.2, 0) is 4.79 Å². The number of nitrogens with one attached hydrogen (secondary N) is 1. The van der Waals surface area contributed by atoms with Gasteiger partial charge in [-0.1, -0.05) is 11.6 Å². The number of nitrogens with zero attached hydrogens (tertiary/aromatic N) is 1. The summed E-state index contributed by atoms with van der Waals surface area (Å²) in [4.78, 5) is 17.0. The van der Waals surface area contributed by atoms with Crippen LogP contribution in [0.1, 0.15) is 6.42 Å². The second kappa shape index (κ2) is 4.89. The number of hydroxylamine groups is 2. The molecule has 0 radical (unpaired) electrons. The molecule has 1 fully saturated rings. The fourth-order valence-electron chi connectivity index (χ4n) is 1.67. The monoisotopic (exact) mass is 258 g/mol. The van der Waals surface area contributed by atoms with Crippen molar-refractivity contribution < 1.29 is 14.0 Å². The Morgan fingerprint density at radius 3 is 2.94 bits per heavy atom. The number of carbonyl (C=O) groups excluding carboxylic acids is 1. The van der Waals surface area contributed by atoms with Crippen molar-refractivity contribution in [2.24, 2.45) is 0 Å². The maximum absolute atomic E-state index is 13.2. The largest absolute Gasteiger partial charge is 0.377 e. The van der Waals surface area contributed by atoms with E-state index in [1.807, 2.05) is 0 Å². The highest BCUT2D eigenvalue weighted by Crippen LogP contribution is 2.22. The number of benzene rings is 1. The molecular formula is C11H12ClFN2O2. The number of likely N-dealkylation sites (N-methyl/N-ethyl adjacent to an activating group) is 1. The second-order valence-electron chi connectivity index (χ2n) is 3.74. The summed E-state index contributed by atoms with van der Waals surface area (Å²) in [5.41, 5.74) is 0. The first-order valence-electron chi connectivity index (χ1n) is 5.23. The minimum atomic E-state index is -0.569. The Morgan fingerprint density at radius 2 is 2.35 bits per heavy atom. The molecule has 1 heterocycles. The first-order valence-corrected chi connectivity index (χ1v) is 5.61. The molecule has 17 heavy (non-hydrogen) atoms. The van der Waals surface area contributed by atoms with E-state index < -0.39 is 5.82 Å². The van der Waals surface area contributed by atoms with Gasteiger partial charge in [-0.2, -0.15) is 5.06 Å². The van der Waals surface area contributed by atoms with E-state index in [-0.39, 0.29) is 22.7 Å². The summed E-state index contributed by atoms with van der Waals surface area (Å²) in [5.74, 6) is -0.458. The van der Waals surface area contributed by atoms with Gasteiger partial charge in [0, 0.05) is 6.07 Å². The summed E-state index contributed by atoms with van der Waals surface area (Å²) >= 11 is 5.55. The second-order valence-corrected chi connectivity index (χ2v) is 4.14. The maximum Gasteiger partial charge on any atom is 0.272 e. The summed E-state index contributed by atoms with van der Waals surface area (Å²) in [6.45, 7) is 0.481. The number of hydrogen-bond acceptors (Lipinski definition) is 3. The molecule has 92 valence electrons. The van der Waals surface area contributed by atoms with Gasteiger partial charge >= 0.3 is 0 Å². The normalized spacial score (nSPS) is 19.8. The molecule has 4 nitrogen and oxygen atoms in total. The third-order valence-electron chi connectivity index (χ3n) is 2.62. The molecule has 0 spiro atoms. The number of amides is 1. The lowest BCUT2D eigenvalue weighted by Crippen LogP contribution is -2.37. The lowest BCUT2D eigenvalue weighted by molar-refractivity contribution is -0.151. The van der Waals surface area contributed by atoms with Crippen LogP contribution in [0, 0.1) is 5.82 Å². The molecule has 1 aliphatic heterocycles. The van der Waals surface area contributed by atoms with Crippen molar-refractivity contribution in [1.29, 1.82) is 0 Å². The Balaban J connectivity index is 2.06. The highest BCUT2D eigenvalue weighted by molar-refractivity contribution is 6.30. The smallest absolute Gasteiger partial charge is 0.272 e. The van der Waals surface area contributed by atoms with E-state index in [9.17, 15) is 9.18 Å². The highest BCUT2D eigenvalue weighted by Gasteiger charge is 2.32. The summed E-state index contributed by atoms with van der Waals surface area (Å²) in [6.07, 6.45) is 0.672. The van der Waals surface area contributed by atoms with Crippen LogP contribution < -0.4 is 10.2 Å². The predicted octanol–water partition coefficient (Wildman–Crippen LogP) is 1.59. The van der Waals surface area contributed by atoms with Crippen LogP contribution in [0.25, 0.3) is 0 Å². The van der Waals surface area contributed by atoms with Crippen molar-refractivity contribution in [2.75, 3.05) is 13.6 Å². The maximum atomic E-state index is 13.2. The number of hydrogen-bond donors (Lipinski definition) is 1. The van der Waals surface area contributed by atoms with Crippen molar-refractivity contribution in [1.82, 2.24) is 10.4 Å². The zero-order valence-electron chi connectivity index (χ0n) is 9.24. The van der Waals surface area contributed by atoms with Crippen molar-refractivity contribution >= 4 is 17.5 Å². The van der Waals surface area contributed by atoms with Crippen LogP contribution in [0.5, 0.6) is 5.75 Å². The Bertz CT molecular complexity index is 441. The van der Waals surface area contributed by atoms with Crippen molar-refractivity contribution in [2.45, 2.75) is 12.5 Å². The molecule has 0 saturated carbocycles. The topological polar surface area (TPSA) is 41.6 Å². The molecule has 1 unspecified atom stereocenters. The average Bonchev–Trinajstić information content (AvgIpc) is 2.65. The van der Waals surface area contributed by atoms with E-state index in [0.717, 1.165) is 6.07 Å². The molecule has 6 heteroatoms. The summed E-state index contributed by atoms with van der Waals surface area (Å²) in [7, 11) is 1.72. The van der Waals surface area contributed by atoms with Gasteiger partial charge < -0.3 is 10.2 Å². The highest BCUT2D eigenvalue weighted by atomic mass is 35.5. The molecule has 1 saturated heterocycles. The van der Waals surface area contributed by atoms with Crippen molar-refractivity contribution in [3.8, 4) is 5.75 Å². The van der Waals surface area contributed by atoms with Gasteiger partial charge in [0.2, 0.25) is 0 Å². The molecule has 1 aromatic rings. The van der Waals surface area contributed by atoms with Crippen LogP contribution in [0.2, 0.25) is 5.02 Å². The molecule has 1 amide bonds. The predicted molar refractivity (Wildman–Crippen MR) is 61.2 cm³/mol. The van der Waals surface area contributed by atoms with E-state index in [2.05, 4.69) is 5.32 Å². The van der Waals surface area contributed by atoms with E-state index in [1.54, 1.807) is 7.05 Å². The van der Waals surface area contributed by atoms with Gasteiger partial charge in [0.15, 0.2) is 5.75 Å². The van der Waals surface area contributed by atoms with Gasteiger partial charge in [-0.05, 0) is 25.6 Å². The molecular weight excluding hydrogens is 247 g/mol. The molecule has 1 aliphatic rings. The Labute approximate surface area is 103 Å². The molecule has 0 aliphatic carbocycles. The fourth-order valence-corrected chi connectivity index (χ4v) is 1.79. The van der Waals surface area contributed by atoms with Gasteiger partial charge in [-0.15, -0.1) is 0 Å². The third-order valence-corrected chi connectivity index (χ3v) is 2.93. The van der Waals surface area contributed by atoms with Crippen LogP contribution in [0.4, 0.5) is 4.39 Å². The van der Waals surface area contributed by atoms with E-state index in [4.69, 9.17) is 16.4 Å². The average molecular weight is 259 g/mol. The molecule has 0 aromatic heterocycles. The Kier molecular flexibility index (Phi) is 3.49. The van der Waals surface area contributed by atoms with Gasteiger partial charge in [-0.25, -0.2) is 4.39 Å². The molecule has 1 N–H and O–H groups in total. The lowest BCUT2D eigenvalue weighted by Gasteiger charge is -2.17. The van der Waals surface area contributed by atoms with Gasteiger partial charge in [-0.3, -0.25) is 4.79 Å². The molecule has 0 bridgehead atoms. The summed E-state index contributed by atoms with van der Waals surface area (Å²) in [5, 5.41) is 4.14. The zero-order valence-corrected chi connectivity index (χ0v) is 10.00. The van der Waals surface area contributed by atoms with Crippen LogP contribution in [0.15, 0.2) is 18.2 Å². The van der Waals surface area contributed by atoms with E-state index in [1.165, 1.54) is 17.2 Å². The van der Waals surface area contributed by atoms with E-state index in [0.29, 0.717) is 13.0 Å². The van der Waals surface area contributed by atoms with Crippen LogP contribution in [-0.4, -0.2) is 30.6 Å². The molecule has 1 atom stereocenters.